The first-order valence-corrected chi connectivity index (χ1v) is 15.6. The lowest BCUT2D eigenvalue weighted by Gasteiger charge is -2.18. The van der Waals surface area contributed by atoms with Crippen LogP contribution in [0.15, 0.2) is 42.5 Å². The van der Waals surface area contributed by atoms with Crippen LogP contribution in [0.1, 0.15) is 122 Å². The molecular formula is C32H48N2OS. The van der Waals surface area contributed by atoms with Crippen molar-refractivity contribution in [1.29, 1.82) is 0 Å². The number of unbranched alkanes of at least 4 members (excludes halogenated alkanes) is 10. The molecular weight excluding hydrogens is 460 g/mol. The number of hydrogen-bond donors (Lipinski definition) is 0. The van der Waals surface area contributed by atoms with Crippen LogP contribution in [-0.2, 0) is 6.42 Å². The molecule has 36 heavy (non-hydrogen) atoms. The Kier molecular flexibility index (Phi) is 13.9. The van der Waals surface area contributed by atoms with Gasteiger partial charge in [-0.2, -0.15) is 0 Å². The fourth-order valence-electron chi connectivity index (χ4n) is 5.23. The van der Waals surface area contributed by atoms with Crippen molar-refractivity contribution in [2.24, 2.45) is 5.92 Å². The number of fused-ring (bicyclic) bond motifs is 1. The number of aryl methyl sites for hydroxylation is 1. The van der Waals surface area contributed by atoms with E-state index in [1.807, 2.05) is 18.2 Å². The first kappa shape index (κ1) is 28.6. The summed E-state index contributed by atoms with van der Waals surface area (Å²) in [5, 5.41) is 4.28. The Balaban J connectivity index is 1.49. The highest BCUT2D eigenvalue weighted by atomic mass is 32.1. The predicted octanol–water partition coefficient (Wildman–Crippen LogP) is 10.9. The van der Waals surface area contributed by atoms with Crippen LogP contribution in [0, 0.1) is 5.92 Å². The summed E-state index contributed by atoms with van der Waals surface area (Å²) >= 11 is 1.42. The van der Waals surface area contributed by atoms with Gasteiger partial charge in [0.1, 0.15) is 11.3 Å². The molecule has 0 unspecified atom stereocenters. The topological polar surface area (TPSA) is 35.0 Å². The zero-order chi connectivity index (χ0) is 25.3. The summed E-state index contributed by atoms with van der Waals surface area (Å²) in [6, 6.07) is 14.6. The minimum atomic E-state index is 0.803. The number of para-hydroxylation sites is 1. The minimum absolute atomic E-state index is 0.803. The summed E-state index contributed by atoms with van der Waals surface area (Å²) in [4.78, 5) is 0. The Morgan fingerprint density at radius 1 is 0.667 bits per heavy atom. The molecule has 0 radical (unpaired) electrons. The zero-order valence-electron chi connectivity index (χ0n) is 22.9. The van der Waals surface area contributed by atoms with Crippen LogP contribution >= 0.6 is 11.5 Å². The Bertz CT molecular complexity index is 953. The SMILES string of the molecule is CCCCCCCCC(CCCCCCCC)CCCc1ccccc1Oc1cccc2snnc12. The molecule has 3 nitrogen and oxygen atoms in total. The lowest BCUT2D eigenvalue weighted by atomic mass is 9.89. The van der Waals surface area contributed by atoms with E-state index in [1.54, 1.807) is 0 Å². The highest BCUT2D eigenvalue weighted by molar-refractivity contribution is 7.13. The van der Waals surface area contributed by atoms with E-state index in [1.165, 1.54) is 120 Å². The molecule has 4 heteroatoms. The van der Waals surface area contributed by atoms with Crippen molar-refractivity contribution in [1.82, 2.24) is 9.59 Å². The van der Waals surface area contributed by atoms with Gasteiger partial charge >= 0.3 is 0 Å². The van der Waals surface area contributed by atoms with Gasteiger partial charge in [0.05, 0.1) is 4.70 Å². The van der Waals surface area contributed by atoms with Crippen molar-refractivity contribution in [3.05, 3.63) is 48.0 Å². The maximum atomic E-state index is 6.37. The molecule has 3 rings (SSSR count). The smallest absolute Gasteiger partial charge is 0.156 e. The second-order valence-corrected chi connectivity index (χ2v) is 11.2. The summed E-state index contributed by atoms with van der Waals surface area (Å²) in [6.45, 7) is 4.60. The third-order valence-electron chi connectivity index (χ3n) is 7.42. The fourth-order valence-corrected chi connectivity index (χ4v) is 5.81. The predicted molar refractivity (Wildman–Crippen MR) is 156 cm³/mol. The Morgan fingerprint density at radius 3 is 2.00 bits per heavy atom. The van der Waals surface area contributed by atoms with Gasteiger partial charge in [-0.1, -0.05) is 139 Å². The van der Waals surface area contributed by atoms with Crippen LogP contribution in [-0.4, -0.2) is 9.59 Å². The van der Waals surface area contributed by atoms with Crippen molar-refractivity contribution >= 4 is 21.7 Å². The normalized spacial score (nSPS) is 11.5. The zero-order valence-corrected chi connectivity index (χ0v) is 23.7. The van der Waals surface area contributed by atoms with Gasteiger partial charge < -0.3 is 4.74 Å². The molecule has 0 bridgehead atoms. The average molecular weight is 509 g/mol. The molecule has 0 N–H and O–H groups in total. The van der Waals surface area contributed by atoms with Gasteiger partial charge in [0.15, 0.2) is 5.75 Å². The molecule has 0 amide bonds. The van der Waals surface area contributed by atoms with E-state index in [4.69, 9.17) is 4.74 Å². The number of benzene rings is 2. The van der Waals surface area contributed by atoms with Crippen LogP contribution < -0.4 is 4.74 Å². The summed E-state index contributed by atoms with van der Waals surface area (Å²) in [5.74, 6) is 2.64. The van der Waals surface area contributed by atoms with Crippen molar-refractivity contribution < 1.29 is 4.74 Å². The average Bonchev–Trinajstić information content (AvgIpc) is 3.39. The van der Waals surface area contributed by atoms with E-state index in [9.17, 15) is 0 Å². The van der Waals surface area contributed by atoms with E-state index in [2.05, 4.69) is 47.7 Å². The van der Waals surface area contributed by atoms with Crippen LogP contribution in [0.2, 0.25) is 0 Å². The number of aromatic nitrogens is 2. The van der Waals surface area contributed by atoms with Crippen LogP contribution in [0.5, 0.6) is 11.5 Å². The van der Waals surface area contributed by atoms with Crippen LogP contribution in [0.4, 0.5) is 0 Å². The summed E-state index contributed by atoms with van der Waals surface area (Å²) in [6.07, 6.45) is 23.3. The molecule has 0 atom stereocenters. The molecule has 0 saturated carbocycles. The molecule has 198 valence electrons. The van der Waals surface area contributed by atoms with Gasteiger partial charge in [-0.05, 0) is 54.1 Å². The molecule has 1 aromatic heterocycles. The van der Waals surface area contributed by atoms with E-state index in [0.717, 1.165) is 34.1 Å². The van der Waals surface area contributed by atoms with E-state index in [-0.39, 0.29) is 0 Å². The largest absolute Gasteiger partial charge is 0.455 e. The van der Waals surface area contributed by atoms with Gasteiger partial charge in [0, 0.05) is 0 Å². The molecule has 0 aliphatic carbocycles. The third-order valence-corrected chi connectivity index (χ3v) is 8.11. The van der Waals surface area contributed by atoms with Gasteiger partial charge in [-0.25, -0.2) is 0 Å². The number of rotatable bonds is 20. The quantitative estimate of drug-likeness (QED) is 0.142. The molecule has 3 aromatic rings. The van der Waals surface area contributed by atoms with E-state index >= 15 is 0 Å². The molecule has 0 aliphatic heterocycles. The first-order chi connectivity index (χ1) is 17.8. The lowest BCUT2D eigenvalue weighted by Crippen LogP contribution is -2.03. The van der Waals surface area contributed by atoms with Crippen molar-refractivity contribution in [3.63, 3.8) is 0 Å². The van der Waals surface area contributed by atoms with E-state index < -0.39 is 0 Å². The molecule has 2 aromatic carbocycles. The van der Waals surface area contributed by atoms with Gasteiger partial charge in [0.2, 0.25) is 0 Å². The Labute approximate surface area is 224 Å². The first-order valence-electron chi connectivity index (χ1n) is 14.8. The number of ether oxygens (including phenoxy) is 1. The van der Waals surface area contributed by atoms with E-state index in [0.29, 0.717) is 0 Å². The second-order valence-electron chi connectivity index (χ2n) is 10.5. The minimum Gasteiger partial charge on any atom is -0.455 e. The third kappa shape index (κ3) is 10.2. The lowest BCUT2D eigenvalue weighted by molar-refractivity contribution is 0.371. The van der Waals surface area contributed by atoms with Crippen LogP contribution in [0.3, 0.4) is 0 Å². The second kappa shape index (κ2) is 17.5. The maximum absolute atomic E-state index is 6.37. The Hall–Kier alpha value is -1.94. The highest BCUT2D eigenvalue weighted by Crippen LogP contribution is 2.33. The Morgan fingerprint density at radius 2 is 1.28 bits per heavy atom. The molecule has 0 spiro atoms. The summed E-state index contributed by atoms with van der Waals surface area (Å²) in [7, 11) is 0. The molecule has 0 saturated heterocycles. The molecule has 1 heterocycles. The monoisotopic (exact) mass is 508 g/mol. The highest BCUT2D eigenvalue weighted by Gasteiger charge is 2.12. The molecule has 0 aliphatic rings. The number of hydrogen-bond acceptors (Lipinski definition) is 4. The van der Waals surface area contributed by atoms with Crippen LogP contribution in [0.25, 0.3) is 10.2 Å². The standard InChI is InChI=1S/C32H48N2OS/c1-3-5-7-9-11-13-19-27(20-14-12-10-8-6-4-2)21-17-23-28-22-15-16-24-29(28)35-30-25-18-26-31-32(30)33-34-36-31/h15-16,18,22,24-27H,3-14,17,19-21,23H2,1-2H3. The summed E-state index contributed by atoms with van der Waals surface area (Å²) < 4.78 is 11.5. The summed E-state index contributed by atoms with van der Waals surface area (Å²) in [5.41, 5.74) is 2.16. The fraction of sp³-hybridized carbons (Fsp3) is 0.625. The van der Waals surface area contributed by atoms with Crippen molar-refractivity contribution in [3.8, 4) is 11.5 Å². The molecule has 0 fully saturated rings. The van der Waals surface area contributed by atoms with Gasteiger partial charge in [-0.3, -0.25) is 0 Å². The van der Waals surface area contributed by atoms with Gasteiger partial charge in [0.25, 0.3) is 0 Å². The maximum Gasteiger partial charge on any atom is 0.156 e. The van der Waals surface area contributed by atoms with Crippen molar-refractivity contribution in [2.45, 2.75) is 123 Å². The van der Waals surface area contributed by atoms with Gasteiger partial charge in [-0.15, -0.1) is 5.10 Å². The number of nitrogens with zero attached hydrogens (tertiary/aromatic N) is 2. The van der Waals surface area contributed by atoms with Crippen molar-refractivity contribution in [2.75, 3.05) is 0 Å².